The number of carboxylic acid groups (broad SMARTS) is 1. The molecule has 0 aliphatic rings. The van der Waals surface area contributed by atoms with Gasteiger partial charge in [-0.05, 0) is 48.9 Å². The van der Waals surface area contributed by atoms with Gasteiger partial charge in [-0.25, -0.2) is 4.79 Å². The topological polar surface area (TPSA) is 63.3 Å². The van der Waals surface area contributed by atoms with Gasteiger partial charge in [-0.2, -0.15) is 0 Å². The van der Waals surface area contributed by atoms with Crippen LogP contribution in [-0.2, 0) is 6.42 Å². The Morgan fingerprint density at radius 1 is 1.35 bits per heavy atom. The van der Waals surface area contributed by atoms with Gasteiger partial charge in [-0.15, -0.1) is 0 Å². The molecule has 0 aromatic heterocycles. The number of carbonyl (C=O) groups is 1. The molecule has 0 saturated carbocycles. The van der Waals surface area contributed by atoms with Gasteiger partial charge >= 0.3 is 5.97 Å². The fourth-order valence-electron chi connectivity index (χ4n) is 2.76. The van der Waals surface area contributed by atoms with E-state index in [9.17, 15) is 4.79 Å². The van der Waals surface area contributed by atoms with Gasteiger partial charge in [0.05, 0.1) is 5.56 Å². The summed E-state index contributed by atoms with van der Waals surface area (Å²) in [7, 11) is 0. The summed E-state index contributed by atoms with van der Waals surface area (Å²) >= 11 is 0. The van der Waals surface area contributed by atoms with Crippen molar-refractivity contribution in [2.75, 3.05) is 5.73 Å². The van der Waals surface area contributed by atoms with Crippen LogP contribution in [-0.4, -0.2) is 11.1 Å². The second kappa shape index (κ2) is 7.32. The summed E-state index contributed by atoms with van der Waals surface area (Å²) in [4.78, 5) is 11.2. The van der Waals surface area contributed by atoms with Gasteiger partial charge in [0.15, 0.2) is 0 Å². The van der Waals surface area contributed by atoms with E-state index in [-0.39, 0.29) is 5.56 Å². The molecule has 0 radical (unpaired) electrons. The highest BCUT2D eigenvalue weighted by Gasteiger charge is 2.17. The number of benzene rings is 1. The second-order valence-electron chi connectivity index (χ2n) is 5.68. The Hall–Kier alpha value is -1.51. The summed E-state index contributed by atoms with van der Waals surface area (Å²) in [5, 5.41) is 9.17. The quantitative estimate of drug-likeness (QED) is 0.729. The smallest absolute Gasteiger partial charge is 0.337 e. The molecule has 3 N–H and O–H groups in total. The number of anilines is 1. The fraction of sp³-hybridized carbons (Fsp3) is 0.588. The SMILES string of the molecule is CCCCC(CC)Cc1c(C)cc(C(=O)O)c(N)c1C. The summed E-state index contributed by atoms with van der Waals surface area (Å²) < 4.78 is 0. The zero-order valence-corrected chi connectivity index (χ0v) is 13.1. The summed E-state index contributed by atoms with van der Waals surface area (Å²) in [6, 6.07) is 1.71. The highest BCUT2D eigenvalue weighted by atomic mass is 16.4. The van der Waals surface area contributed by atoms with E-state index in [0.717, 1.165) is 24.0 Å². The van der Waals surface area contributed by atoms with Crippen molar-refractivity contribution in [3.05, 3.63) is 28.3 Å². The van der Waals surface area contributed by atoms with Crippen LogP contribution in [0.4, 0.5) is 5.69 Å². The average Bonchev–Trinajstić information content (AvgIpc) is 2.41. The van der Waals surface area contributed by atoms with Crippen molar-refractivity contribution in [3.8, 4) is 0 Å². The normalized spacial score (nSPS) is 12.4. The molecular weight excluding hydrogens is 250 g/mol. The monoisotopic (exact) mass is 277 g/mol. The van der Waals surface area contributed by atoms with Crippen molar-refractivity contribution in [2.24, 2.45) is 5.92 Å². The molecule has 0 saturated heterocycles. The Morgan fingerprint density at radius 3 is 2.50 bits per heavy atom. The van der Waals surface area contributed by atoms with Crippen molar-refractivity contribution in [3.63, 3.8) is 0 Å². The van der Waals surface area contributed by atoms with Crippen molar-refractivity contribution in [1.82, 2.24) is 0 Å². The highest BCUT2D eigenvalue weighted by Crippen LogP contribution is 2.29. The van der Waals surface area contributed by atoms with Crippen LogP contribution in [0.15, 0.2) is 6.07 Å². The molecule has 1 atom stereocenters. The zero-order valence-electron chi connectivity index (χ0n) is 13.1. The first-order chi connectivity index (χ1) is 9.42. The number of carboxylic acids is 1. The lowest BCUT2D eigenvalue weighted by atomic mass is 9.86. The Balaban J connectivity index is 3.06. The lowest BCUT2D eigenvalue weighted by Crippen LogP contribution is -2.11. The minimum Gasteiger partial charge on any atom is -0.478 e. The first kappa shape index (κ1) is 16.5. The molecule has 0 amide bonds. The van der Waals surface area contributed by atoms with Crippen LogP contribution in [0.25, 0.3) is 0 Å². The fourth-order valence-corrected chi connectivity index (χ4v) is 2.76. The average molecular weight is 277 g/mol. The summed E-state index contributed by atoms with van der Waals surface area (Å²) in [6.07, 6.45) is 5.85. The third-order valence-corrected chi connectivity index (χ3v) is 4.25. The van der Waals surface area contributed by atoms with E-state index in [1.165, 1.54) is 24.8 Å². The van der Waals surface area contributed by atoms with Crippen LogP contribution in [0.1, 0.15) is 66.6 Å². The van der Waals surface area contributed by atoms with Crippen molar-refractivity contribution in [2.45, 2.75) is 59.8 Å². The summed E-state index contributed by atoms with van der Waals surface area (Å²) in [6.45, 7) is 8.36. The summed E-state index contributed by atoms with van der Waals surface area (Å²) in [5.41, 5.74) is 9.86. The molecule has 0 fully saturated rings. The van der Waals surface area contributed by atoms with Crippen molar-refractivity contribution >= 4 is 11.7 Å². The molecule has 1 aromatic carbocycles. The molecule has 0 aliphatic carbocycles. The van der Waals surface area contributed by atoms with E-state index >= 15 is 0 Å². The number of unbranched alkanes of at least 4 members (excludes halogenated alkanes) is 1. The maximum atomic E-state index is 11.2. The second-order valence-corrected chi connectivity index (χ2v) is 5.68. The van der Waals surface area contributed by atoms with E-state index in [0.29, 0.717) is 11.6 Å². The first-order valence-electron chi connectivity index (χ1n) is 7.54. The van der Waals surface area contributed by atoms with Gasteiger partial charge in [-0.1, -0.05) is 39.5 Å². The molecule has 3 nitrogen and oxygen atoms in total. The maximum absolute atomic E-state index is 11.2. The van der Waals surface area contributed by atoms with Crippen molar-refractivity contribution in [1.29, 1.82) is 0 Å². The van der Waals surface area contributed by atoms with Gasteiger partial charge in [0, 0.05) is 5.69 Å². The van der Waals surface area contributed by atoms with Gasteiger partial charge in [0.25, 0.3) is 0 Å². The number of aromatic carboxylic acids is 1. The Morgan fingerprint density at radius 2 is 2.00 bits per heavy atom. The van der Waals surface area contributed by atoms with Gasteiger partial charge in [0.2, 0.25) is 0 Å². The highest BCUT2D eigenvalue weighted by molar-refractivity contribution is 5.95. The Bertz CT molecular complexity index is 480. The third-order valence-electron chi connectivity index (χ3n) is 4.25. The first-order valence-corrected chi connectivity index (χ1v) is 7.54. The number of hydrogen-bond acceptors (Lipinski definition) is 2. The molecule has 1 rings (SSSR count). The van der Waals surface area contributed by atoms with E-state index in [2.05, 4.69) is 13.8 Å². The number of rotatable bonds is 7. The molecule has 0 spiro atoms. The molecule has 20 heavy (non-hydrogen) atoms. The van der Waals surface area contributed by atoms with Crippen LogP contribution in [0.2, 0.25) is 0 Å². The number of nitrogen functional groups attached to an aromatic ring is 1. The molecule has 1 unspecified atom stereocenters. The van der Waals surface area contributed by atoms with E-state index in [4.69, 9.17) is 10.8 Å². The molecule has 0 heterocycles. The Kier molecular flexibility index (Phi) is 6.05. The number of nitrogens with two attached hydrogens (primary N) is 1. The lowest BCUT2D eigenvalue weighted by molar-refractivity contribution is 0.0698. The van der Waals surface area contributed by atoms with Crippen LogP contribution < -0.4 is 5.73 Å². The standard InChI is InChI=1S/C17H27NO2/c1-5-7-8-13(6-2)10-14-11(3)9-15(17(19)20)16(18)12(14)4/h9,13H,5-8,10,18H2,1-4H3,(H,19,20). The predicted molar refractivity (Wildman–Crippen MR) is 84.3 cm³/mol. The number of aryl methyl sites for hydroxylation is 1. The van der Waals surface area contributed by atoms with E-state index < -0.39 is 5.97 Å². The maximum Gasteiger partial charge on any atom is 0.337 e. The minimum atomic E-state index is -0.946. The van der Waals surface area contributed by atoms with Crippen molar-refractivity contribution < 1.29 is 9.90 Å². The molecule has 112 valence electrons. The number of hydrogen-bond donors (Lipinski definition) is 2. The largest absolute Gasteiger partial charge is 0.478 e. The Labute approximate surface area is 122 Å². The van der Waals surface area contributed by atoms with Crippen LogP contribution in [0.5, 0.6) is 0 Å². The molecule has 3 heteroatoms. The predicted octanol–water partition coefficient (Wildman–Crippen LogP) is 4.34. The van der Waals surface area contributed by atoms with Crippen LogP contribution in [0, 0.1) is 19.8 Å². The van der Waals surface area contributed by atoms with E-state index in [1.807, 2.05) is 13.8 Å². The molecular formula is C17H27NO2. The van der Waals surface area contributed by atoms with Gasteiger partial charge in [-0.3, -0.25) is 0 Å². The molecule has 1 aromatic rings. The zero-order chi connectivity index (χ0) is 15.3. The van der Waals surface area contributed by atoms with E-state index in [1.54, 1.807) is 6.07 Å². The van der Waals surface area contributed by atoms with Crippen LogP contribution >= 0.6 is 0 Å². The van der Waals surface area contributed by atoms with Crippen LogP contribution in [0.3, 0.4) is 0 Å². The third kappa shape index (κ3) is 3.75. The minimum absolute atomic E-state index is 0.227. The molecule has 0 bridgehead atoms. The summed E-state index contributed by atoms with van der Waals surface area (Å²) in [5.74, 6) is -0.291. The molecule has 0 aliphatic heterocycles. The van der Waals surface area contributed by atoms with Gasteiger partial charge in [0.1, 0.15) is 0 Å². The lowest BCUT2D eigenvalue weighted by Gasteiger charge is -2.20. The van der Waals surface area contributed by atoms with Gasteiger partial charge < -0.3 is 10.8 Å².